The van der Waals surface area contributed by atoms with Crippen LogP contribution in [0.4, 0.5) is 0 Å². The van der Waals surface area contributed by atoms with Crippen molar-refractivity contribution in [1.82, 2.24) is 0 Å². The second-order valence-corrected chi connectivity index (χ2v) is 5.61. The van der Waals surface area contributed by atoms with Crippen LogP contribution in [0.25, 0.3) is 0 Å². The molecule has 4 nitrogen and oxygen atoms in total. The Morgan fingerprint density at radius 2 is 2.00 bits per heavy atom. The van der Waals surface area contributed by atoms with Crippen molar-refractivity contribution in [2.24, 2.45) is 0 Å². The Hall–Kier alpha value is -1.07. The van der Waals surface area contributed by atoms with Gasteiger partial charge < -0.3 is 14.6 Å². The van der Waals surface area contributed by atoms with E-state index < -0.39 is 5.97 Å². The molecule has 1 rings (SSSR count). The highest BCUT2D eigenvalue weighted by Crippen LogP contribution is 2.26. The number of halogens is 1. The predicted octanol–water partition coefficient (Wildman–Crippen LogP) is 3.34. The zero-order valence-electron chi connectivity index (χ0n) is 10.7. The third kappa shape index (κ3) is 5.06. The van der Waals surface area contributed by atoms with Gasteiger partial charge in [0.25, 0.3) is 0 Å². The highest BCUT2D eigenvalue weighted by Gasteiger charge is 2.11. The van der Waals surface area contributed by atoms with Crippen LogP contribution >= 0.6 is 15.9 Å². The van der Waals surface area contributed by atoms with Gasteiger partial charge in [-0.05, 0) is 54.9 Å². The fourth-order valence-electron chi connectivity index (χ4n) is 1.25. The zero-order valence-corrected chi connectivity index (χ0v) is 12.3. The Morgan fingerprint density at radius 3 is 2.56 bits per heavy atom. The number of carbonyl (C=O) groups is 1. The first-order valence-electron chi connectivity index (χ1n) is 5.59. The van der Waals surface area contributed by atoms with Gasteiger partial charge in [-0.25, -0.2) is 4.79 Å². The van der Waals surface area contributed by atoms with E-state index in [0.29, 0.717) is 19.0 Å². The molecular weight excluding hydrogens is 300 g/mol. The smallest absolute Gasteiger partial charge is 0.335 e. The molecule has 0 aliphatic heterocycles. The lowest BCUT2D eigenvalue weighted by molar-refractivity contribution is -0.0163. The molecule has 0 saturated carbocycles. The molecule has 1 aromatic rings. The van der Waals surface area contributed by atoms with Crippen molar-refractivity contribution in [2.45, 2.75) is 26.4 Å². The molecule has 1 N–H and O–H groups in total. The number of carboxylic acids is 1. The minimum absolute atomic E-state index is 0.199. The summed E-state index contributed by atoms with van der Waals surface area (Å²) in [6.07, 6.45) is 0. The summed E-state index contributed by atoms with van der Waals surface area (Å²) in [6.45, 7) is 6.72. The van der Waals surface area contributed by atoms with Crippen molar-refractivity contribution in [1.29, 1.82) is 0 Å². The molecule has 0 radical (unpaired) electrons. The van der Waals surface area contributed by atoms with Crippen molar-refractivity contribution in [2.75, 3.05) is 13.2 Å². The van der Waals surface area contributed by atoms with Gasteiger partial charge >= 0.3 is 5.97 Å². The average molecular weight is 317 g/mol. The summed E-state index contributed by atoms with van der Waals surface area (Å²) in [5.74, 6) is -0.467. The molecule has 0 spiro atoms. The quantitative estimate of drug-likeness (QED) is 0.846. The molecule has 1 aromatic carbocycles. The number of ether oxygens (including phenoxy) is 2. The van der Waals surface area contributed by atoms with E-state index in [0.717, 1.165) is 4.47 Å². The van der Waals surface area contributed by atoms with Gasteiger partial charge in [-0.15, -0.1) is 0 Å². The maximum atomic E-state index is 10.8. The number of hydrogen-bond donors (Lipinski definition) is 1. The van der Waals surface area contributed by atoms with E-state index in [1.165, 1.54) is 12.1 Å². The molecule has 0 unspecified atom stereocenters. The minimum atomic E-state index is -0.974. The Kier molecular flexibility index (Phi) is 5.16. The van der Waals surface area contributed by atoms with Gasteiger partial charge in [-0.3, -0.25) is 0 Å². The average Bonchev–Trinajstić information content (AvgIpc) is 2.24. The summed E-state index contributed by atoms with van der Waals surface area (Å²) in [5.41, 5.74) is -0.00584. The zero-order chi connectivity index (χ0) is 13.8. The van der Waals surface area contributed by atoms with E-state index in [1.54, 1.807) is 6.07 Å². The van der Waals surface area contributed by atoms with Crippen LogP contribution < -0.4 is 4.74 Å². The van der Waals surface area contributed by atoms with E-state index in [2.05, 4.69) is 15.9 Å². The first-order valence-corrected chi connectivity index (χ1v) is 6.38. The standard InChI is InChI=1S/C13H17BrO4/c1-13(2,3)18-7-6-17-11-8-9(12(15)16)4-5-10(11)14/h4-5,8H,6-7H2,1-3H3,(H,15,16). The Balaban J connectivity index is 2.56. The van der Waals surface area contributed by atoms with Crippen LogP contribution in [0.1, 0.15) is 31.1 Å². The van der Waals surface area contributed by atoms with Crippen LogP contribution in [-0.4, -0.2) is 29.9 Å². The number of aromatic carboxylic acids is 1. The molecule has 100 valence electrons. The van der Waals surface area contributed by atoms with Crippen LogP contribution in [0, 0.1) is 0 Å². The number of carboxylic acid groups (broad SMARTS) is 1. The van der Waals surface area contributed by atoms with E-state index in [4.69, 9.17) is 14.6 Å². The molecule has 18 heavy (non-hydrogen) atoms. The van der Waals surface area contributed by atoms with Gasteiger partial charge in [-0.2, -0.15) is 0 Å². The molecule has 0 aromatic heterocycles. The lowest BCUT2D eigenvalue weighted by atomic mass is 10.2. The van der Waals surface area contributed by atoms with Crippen LogP contribution in [0.15, 0.2) is 22.7 Å². The largest absolute Gasteiger partial charge is 0.490 e. The monoisotopic (exact) mass is 316 g/mol. The van der Waals surface area contributed by atoms with Crippen LogP contribution in [0.3, 0.4) is 0 Å². The second kappa shape index (κ2) is 6.20. The summed E-state index contributed by atoms with van der Waals surface area (Å²) >= 11 is 3.31. The maximum Gasteiger partial charge on any atom is 0.335 e. The lowest BCUT2D eigenvalue weighted by Crippen LogP contribution is -2.22. The Bertz CT molecular complexity index is 423. The van der Waals surface area contributed by atoms with E-state index in [-0.39, 0.29) is 11.2 Å². The molecule has 0 aliphatic carbocycles. The van der Waals surface area contributed by atoms with E-state index >= 15 is 0 Å². The van der Waals surface area contributed by atoms with Crippen molar-refractivity contribution >= 4 is 21.9 Å². The fourth-order valence-corrected chi connectivity index (χ4v) is 1.61. The number of hydrogen-bond acceptors (Lipinski definition) is 3. The van der Waals surface area contributed by atoms with Gasteiger partial charge in [0.1, 0.15) is 12.4 Å². The molecule has 0 aliphatic rings. The molecular formula is C13H17BrO4. The van der Waals surface area contributed by atoms with Gasteiger partial charge in [0.2, 0.25) is 0 Å². The third-order valence-corrected chi connectivity index (χ3v) is 2.71. The van der Waals surface area contributed by atoms with Crippen molar-refractivity contribution in [3.8, 4) is 5.75 Å². The van der Waals surface area contributed by atoms with E-state index in [9.17, 15) is 4.79 Å². The summed E-state index contributed by atoms with van der Waals surface area (Å²) in [7, 11) is 0. The molecule has 0 heterocycles. The molecule has 0 saturated heterocycles. The third-order valence-electron chi connectivity index (χ3n) is 2.05. The normalized spacial score (nSPS) is 11.3. The van der Waals surface area contributed by atoms with Crippen molar-refractivity contribution < 1.29 is 19.4 Å². The van der Waals surface area contributed by atoms with Gasteiger partial charge in [0, 0.05) is 0 Å². The van der Waals surface area contributed by atoms with Gasteiger partial charge in [0.15, 0.2) is 0 Å². The molecule has 5 heteroatoms. The molecule has 0 fully saturated rings. The van der Waals surface area contributed by atoms with E-state index in [1.807, 2.05) is 20.8 Å². The highest BCUT2D eigenvalue weighted by molar-refractivity contribution is 9.10. The second-order valence-electron chi connectivity index (χ2n) is 4.76. The van der Waals surface area contributed by atoms with Crippen molar-refractivity contribution in [3.63, 3.8) is 0 Å². The topological polar surface area (TPSA) is 55.8 Å². The molecule has 0 atom stereocenters. The summed E-state index contributed by atoms with van der Waals surface area (Å²) in [4.78, 5) is 10.8. The van der Waals surface area contributed by atoms with Crippen LogP contribution in [0.5, 0.6) is 5.75 Å². The van der Waals surface area contributed by atoms with Gasteiger partial charge in [0.05, 0.1) is 22.2 Å². The minimum Gasteiger partial charge on any atom is -0.490 e. The summed E-state index contributed by atoms with van der Waals surface area (Å²) < 4.78 is 11.7. The molecule has 0 bridgehead atoms. The Labute approximate surface area is 115 Å². The Morgan fingerprint density at radius 1 is 1.33 bits per heavy atom. The lowest BCUT2D eigenvalue weighted by Gasteiger charge is -2.19. The van der Waals surface area contributed by atoms with Gasteiger partial charge in [-0.1, -0.05) is 0 Å². The fraction of sp³-hybridized carbons (Fsp3) is 0.462. The highest BCUT2D eigenvalue weighted by atomic mass is 79.9. The molecule has 0 amide bonds. The SMILES string of the molecule is CC(C)(C)OCCOc1cc(C(=O)O)ccc1Br. The maximum absolute atomic E-state index is 10.8. The number of benzene rings is 1. The summed E-state index contributed by atoms with van der Waals surface area (Å²) in [5, 5.41) is 8.88. The van der Waals surface area contributed by atoms with Crippen LogP contribution in [-0.2, 0) is 4.74 Å². The predicted molar refractivity (Wildman–Crippen MR) is 72.3 cm³/mol. The van der Waals surface area contributed by atoms with Crippen LogP contribution in [0.2, 0.25) is 0 Å². The first-order chi connectivity index (χ1) is 8.29. The number of rotatable bonds is 5. The van der Waals surface area contributed by atoms with Crippen molar-refractivity contribution in [3.05, 3.63) is 28.2 Å². The first kappa shape index (κ1) is 15.0. The summed E-state index contributed by atoms with van der Waals surface area (Å²) in [6, 6.07) is 4.66.